The summed E-state index contributed by atoms with van der Waals surface area (Å²) in [5.74, 6) is -0.321. The summed E-state index contributed by atoms with van der Waals surface area (Å²) in [6.45, 7) is 15.9. The van der Waals surface area contributed by atoms with Crippen LogP contribution in [0.15, 0.2) is 24.3 Å². The first-order chi connectivity index (χ1) is 11.0. The molecule has 140 valence electrons. The van der Waals surface area contributed by atoms with Gasteiger partial charge in [-0.1, -0.05) is 18.7 Å². The molecule has 0 N–H and O–H groups in total. The molecule has 0 aliphatic heterocycles. The highest BCUT2D eigenvalue weighted by Crippen LogP contribution is 2.04. The van der Waals surface area contributed by atoms with E-state index in [4.69, 9.17) is 14.5 Å². The standard InChI is InChI=1S/C18H36N2O4/c1-16(2)15-24-23-14-12-20(7,8)10-9-19(5,6)11-13-22-18(21)17(3)4/h1,3,9-15H2,2,4-8H3/q+2. The highest BCUT2D eigenvalue weighted by molar-refractivity contribution is 5.86. The molecule has 0 bridgehead atoms. The lowest BCUT2D eigenvalue weighted by atomic mass is 10.3. The molecule has 0 aromatic heterocycles. The molecular weight excluding hydrogens is 308 g/mol. The maximum Gasteiger partial charge on any atom is 0.333 e. The second-order valence-corrected chi connectivity index (χ2v) is 7.72. The average molecular weight is 344 g/mol. The zero-order valence-electron chi connectivity index (χ0n) is 16.4. The van der Waals surface area contributed by atoms with Crippen molar-refractivity contribution in [2.75, 3.05) is 74.2 Å². The summed E-state index contributed by atoms with van der Waals surface area (Å²) in [4.78, 5) is 21.6. The van der Waals surface area contributed by atoms with Crippen molar-refractivity contribution in [2.45, 2.75) is 13.8 Å². The van der Waals surface area contributed by atoms with Crippen molar-refractivity contribution in [1.29, 1.82) is 0 Å². The molecule has 24 heavy (non-hydrogen) atoms. The van der Waals surface area contributed by atoms with Gasteiger partial charge in [0, 0.05) is 5.57 Å². The van der Waals surface area contributed by atoms with Crippen molar-refractivity contribution in [3.05, 3.63) is 24.3 Å². The van der Waals surface area contributed by atoms with Crippen LogP contribution >= 0.6 is 0 Å². The van der Waals surface area contributed by atoms with Crippen LogP contribution in [0, 0.1) is 0 Å². The molecule has 6 nitrogen and oxygen atoms in total. The molecule has 0 saturated carbocycles. The molecule has 0 aliphatic rings. The first kappa shape index (κ1) is 22.8. The third-order valence-electron chi connectivity index (χ3n) is 3.76. The van der Waals surface area contributed by atoms with Gasteiger partial charge in [0.05, 0.1) is 28.2 Å². The summed E-state index contributed by atoms with van der Waals surface area (Å²) >= 11 is 0. The zero-order chi connectivity index (χ0) is 18.8. The number of likely N-dealkylation sites (N-methyl/N-ethyl adjacent to an activating group) is 2. The first-order valence-electron chi connectivity index (χ1n) is 8.31. The minimum Gasteiger partial charge on any atom is -0.456 e. The molecule has 0 fully saturated rings. The smallest absolute Gasteiger partial charge is 0.333 e. The number of carbonyl (C=O) groups excluding carboxylic acids is 1. The van der Waals surface area contributed by atoms with Gasteiger partial charge in [0.2, 0.25) is 0 Å². The number of rotatable bonds is 13. The summed E-state index contributed by atoms with van der Waals surface area (Å²) < 4.78 is 6.81. The molecule has 0 spiro atoms. The SMILES string of the molecule is C=C(C)COOCC[N+](C)(C)CC[N+](C)(C)CCOC(=O)C(=C)C. The van der Waals surface area contributed by atoms with Gasteiger partial charge in [0.1, 0.15) is 46.0 Å². The average Bonchev–Trinajstić information content (AvgIpc) is 2.44. The fourth-order valence-corrected chi connectivity index (χ4v) is 1.76. The minimum atomic E-state index is -0.321. The maximum absolute atomic E-state index is 11.4. The normalized spacial score (nSPS) is 12.1. The van der Waals surface area contributed by atoms with Crippen LogP contribution in [-0.4, -0.2) is 89.1 Å². The molecular formula is C18H36N2O4+2. The van der Waals surface area contributed by atoms with Crippen LogP contribution in [0.5, 0.6) is 0 Å². The van der Waals surface area contributed by atoms with E-state index in [0.29, 0.717) is 25.4 Å². The summed E-state index contributed by atoms with van der Waals surface area (Å²) in [6.07, 6.45) is 0. The highest BCUT2D eigenvalue weighted by Gasteiger charge is 2.23. The van der Waals surface area contributed by atoms with Crippen LogP contribution in [0.3, 0.4) is 0 Å². The van der Waals surface area contributed by atoms with Crippen molar-refractivity contribution >= 4 is 5.97 Å². The molecule has 0 aromatic carbocycles. The number of quaternary nitrogens is 2. The van der Waals surface area contributed by atoms with E-state index in [1.807, 2.05) is 6.92 Å². The van der Waals surface area contributed by atoms with E-state index in [0.717, 1.165) is 40.7 Å². The molecule has 0 rings (SSSR count). The Balaban J connectivity index is 4.02. The van der Waals surface area contributed by atoms with Crippen LogP contribution in [0.1, 0.15) is 13.8 Å². The first-order valence-corrected chi connectivity index (χ1v) is 8.31. The summed E-state index contributed by atoms with van der Waals surface area (Å²) in [6, 6.07) is 0. The molecule has 0 aromatic rings. The van der Waals surface area contributed by atoms with Gasteiger partial charge >= 0.3 is 5.97 Å². The van der Waals surface area contributed by atoms with Crippen molar-refractivity contribution in [3.8, 4) is 0 Å². The van der Waals surface area contributed by atoms with Gasteiger partial charge in [-0.25, -0.2) is 14.6 Å². The largest absolute Gasteiger partial charge is 0.456 e. The highest BCUT2D eigenvalue weighted by atomic mass is 17.2. The van der Waals surface area contributed by atoms with Gasteiger partial charge in [0.15, 0.2) is 0 Å². The molecule has 0 radical (unpaired) electrons. The quantitative estimate of drug-likeness (QED) is 0.0972. The number of carbonyl (C=O) groups is 1. The van der Waals surface area contributed by atoms with Crippen molar-refractivity contribution in [1.82, 2.24) is 0 Å². The Labute approximate surface area is 147 Å². The lowest BCUT2D eigenvalue weighted by Crippen LogP contribution is -2.52. The number of hydrogen-bond acceptors (Lipinski definition) is 4. The monoisotopic (exact) mass is 344 g/mol. The van der Waals surface area contributed by atoms with E-state index < -0.39 is 0 Å². The number of hydrogen-bond donors (Lipinski definition) is 0. The van der Waals surface area contributed by atoms with E-state index >= 15 is 0 Å². The third kappa shape index (κ3) is 12.2. The Hall–Kier alpha value is -1.21. The van der Waals surface area contributed by atoms with Gasteiger partial charge in [-0.3, -0.25) is 0 Å². The van der Waals surface area contributed by atoms with Crippen molar-refractivity contribution in [3.63, 3.8) is 0 Å². The Morgan fingerprint density at radius 2 is 1.33 bits per heavy atom. The molecule has 0 atom stereocenters. The van der Waals surface area contributed by atoms with Crippen LogP contribution in [0.25, 0.3) is 0 Å². The summed E-state index contributed by atoms with van der Waals surface area (Å²) in [7, 11) is 8.62. The van der Waals surface area contributed by atoms with Crippen LogP contribution in [0.2, 0.25) is 0 Å². The minimum absolute atomic E-state index is 0.321. The number of ether oxygens (including phenoxy) is 1. The number of esters is 1. The van der Waals surface area contributed by atoms with Crippen molar-refractivity contribution in [2.24, 2.45) is 0 Å². The van der Waals surface area contributed by atoms with Gasteiger partial charge in [-0.05, 0) is 13.8 Å². The topological polar surface area (TPSA) is 44.8 Å². The van der Waals surface area contributed by atoms with E-state index in [1.54, 1.807) is 6.92 Å². The van der Waals surface area contributed by atoms with Crippen molar-refractivity contribution < 1.29 is 28.3 Å². The number of nitrogens with zero attached hydrogens (tertiary/aromatic N) is 2. The molecule has 6 heteroatoms. The van der Waals surface area contributed by atoms with Gasteiger partial charge in [-0.15, -0.1) is 0 Å². The van der Waals surface area contributed by atoms with E-state index in [-0.39, 0.29) is 5.97 Å². The Morgan fingerprint density at radius 3 is 1.79 bits per heavy atom. The molecule has 0 heterocycles. The summed E-state index contributed by atoms with van der Waals surface area (Å²) in [5.41, 5.74) is 1.38. The Morgan fingerprint density at radius 1 is 0.833 bits per heavy atom. The third-order valence-corrected chi connectivity index (χ3v) is 3.76. The lowest BCUT2D eigenvalue weighted by Gasteiger charge is -2.35. The fourth-order valence-electron chi connectivity index (χ4n) is 1.76. The molecule has 0 aliphatic carbocycles. The zero-order valence-corrected chi connectivity index (χ0v) is 16.4. The second kappa shape index (κ2) is 10.6. The van der Waals surface area contributed by atoms with Gasteiger partial charge in [-0.2, -0.15) is 0 Å². The molecule has 0 amide bonds. The Kier molecular flexibility index (Phi) is 10.1. The molecule has 0 unspecified atom stereocenters. The predicted molar refractivity (Wildman–Crippen MR) is 96.2 cm³/mol. The Bertz CT molecular complexity index is 431. The maximum atomic E-state index is 11.4. The van der Waals surface area contributed by atoms with E-state index in [1.165, 1.54) is 0 Å². The van der Waals surface area contributed by atoms with Gasteiger partial charge in [0.25, 0.3) is 0 Å². The summed E-state index contributed by atoms with van der Waals surface area (Å²) in [5, 5.41) is 0. The van der Waals surface area contributed by atoms with E-state index in [2.05, 4.69) is 41.3 Å². The second-order valence-electron chi connectivity index (χ2n) is 7.72. The predicted octanol–water partition coefficient (Wildman–Crippen LogP) is 1.78. The van der Waals surface area contributed by atoms with Crippen LogP contribution in [0.4, 0.5) is 0 Å². The molecule has 0 saturated heterocycles. The van der Waals surface area contributed by atoms with Crippen LogP contribution < -0.4 is 0 Å². The van der Waals surface area contributed by atoms with Crippen LogP contribution in [-0.2, 0) is 19.3 Å². The fraction of sp³-hybridized carbons (Fsp3) is 0.722. The van der Waals surface area contributed by atoms with Gasteiger partial charge < -0.3 is 13.7 Å². The lowest BCUT2D eigenvalue weighted by molar-refractivity contribution is -0.946. The van der Waals surface area contributed by atoms with E-state index in [9.17, 15) is 4.79 Å².